The van der Waals surface area contributed by atoms with Crippen molar-refractivity contribution in [2.24, 2.45) is 0 Å². The van der Waals surface area contributed by atoms with E-state index in [1.807, 2.05) is 18.2 Å². The largest absolute Gasteiger partial charge is 0.488 e. The van der Waals surface area contributed by atoms with Crippen molar-refractivity contribution in [2.75, 3.05) is 13.2 Å². The highest BCUT2D eigenvalue weighted by atomic mass is 79.9. The summed E-state index contributed by atoms with van der Waals surface area (Å²) in [7, 11) is 0. The van der Waals surface area contributed by atoms with Crippen LogP contribution >= 0.6 is 15.9 Å². The van der Waals surface area contributed by atoms with Crippen molar-refractivity contribution in [3.63, 3.8) is 0 Å². The van der Waals surface area contributed by atoms with Crippen molar-refractivity contribution in [1.82, 2.24) is 0 Å². The van der Waals surface area contributed by atoms with Gasteiger partial charge in [0.1, 0.15) is 11.9 Å². The van der Waals surface area contributed by atoms with Gasteiger partial charge < -0.3 is 14.6 Å². The molecule has 2 unspecified atom stereocenters. The lowest BCUT2D eigenvalue weighted by Gasteiger charge is -2.25. The minimum Gasteiger partial charge on any atom is -0.488 e. The van der Waals surface area contributed by atoms with E-state index in [0.29, 0.717) is 6.61 Å². The molecule has 3 nitrogen and oxygen atoms in total. The van der Waals surface area contributed by atoms with Crippen LogP contribution in [0.5, 0.6) is 5.75 Å². The molecule has 94 valence electrons. The fraction of sp³-hybridized carbons (Fsp3) is 0.538. The molecule has 1 aromatic carbocycles. The molecule has 1 N–H and O–H groups in total. The molecule has 17 heavy (non-hydrogen) atoms. The second-order valence-electron chi connectivity index (χ2n) is 4.32. The van der Waals surface area contributed by atoms with E-state index >= 15 is 0 Å². The third kappa shape index (κ3) is 3.44. The van der Waals surface area contributed by atoms with Crippen molar-refractivity contribution >= 4 is 15.9 Å². The number of rotatable bonds is 3. The van der Waals surface area contributed by atoms with E-state index in [1.54, 1.807) is 6.92 Å². The van der Waals surface area contributed by atoms with Crippen molar-refractivity contribution in [1.29, 1.82) is 0 Å². The van der Waals surface area contributed by atoms with Crippen molar-refractivity contribution in [3.8, 4) is 5.75 Å². The first-order valence-electron chi connectivity index (χ1n) is 5.88. The summed E-state index contributed by atoms with van der Waals surface area (Å²) < 4.78 is 12.3. The molecule has 0 aromatic heterocycles. The number of aliphatic hydroxyl groups is 1. The van der Waals surface area contributed by atoms with Gasteiger partial charge >= 0.3 is 0 Å². The molecule has 1 fully saturated rings. The zero-order valence-electron chi connectivity index (χ0n) is 9.86. The molecular formula is C13H17BrO3. The number of hydrogen-bond donors (Lipinski definition) is 1. The van der Waals surface area contributed by atoms with Gasteiger partial charge in [-0.15, -0.1) is 0 Å². The van der Waals surface area contributed by atoms with E-state index in [1.165, 1.54) is 0 Å². The van der Waals surface area contributed by atoms with Gasteiger partial charge in [-0.3, -0.25) is 0 Å². The smallest absolute Gasteiger partial charge is 0.126 e. The van der Waals surface area contributed by atoms with E-state index < -0.39 is 6.10 Å². The van der Waals surface area contributed by atoms with Gasteiger partial charge in [-0.2, -0.15) is 0 Å². The van der Waals surface area contributed by atoms with Crippen LogP contribution in [0.3, 0.4) is 0 Å². The predicted octanol–water partition coefficient (Wildman–Crippen LogP) is 3.06. The fourth-order valence-corrected chi connectivity index (χ4v) is 2.28. The molecule has 0 bridgehead atoms. The summed E-state index contributed by atoms with van der Waals surface area (Å²) >= 11 is 3.42. The molecule has 1 aliphatic rings. The van der Waals surface area contributed by atoms with Gasteiger partial charge in [0.2, 0.25) is 0 Å². The molecule has 0 radical (unpaired) electrons. The average molecular weight is 301 g/mol. The van der Waals surface area contributed by atoms with E-state index in [9.17, 15) is 5.11 Å². The second kappa shape index (κ2) is 5.85. The average Bonchev–Trinajstić information content (AvgIpc) is 2.30. The molecule has 1 saturated heterocycles. The Labute approximate surface area is 110 Å². The van der Waals surface area contributed by atoms with E-state index in [0.717, 1.165) is 35.2 Å². The topological polar surface area (TPSA) is 38.7 Å². The highest BCUT2D eigenvalue weighted by molar-refractivity contribution is 9.10. The van der Waals surface area contributed by atoms with E-state index in [2.05, 4.69) is 15.9 Å². The van der Waals surface area contributed by atoms with Crippen LogP contribution in [0.1, 0.15) is 31.4 Å². The summed E-state index contributed by atoms with van der Waals surface area (Å²) in [5, 5.41) is 9.70. The molecule has 0 saturated carbocycles. The van der Waals surface area contributed by atoms with Crippen molar-refractivity contribution in [3.05, 3.63) is 28.2 Å². The number of hydrogen-bond acceptors (Lipinski definition) is 3. The van der Waals surface area contributed by atoms with Crippen LogP contribution in [0.15, 0.2) is 22.7 Å². The maximum absolute atomic E-state index is 9.70. The SMILES string of the molecule is CC(O)c1ccc(Br)cc1OC1CCCOC1. The molecule has 2 rings (SSSR count). The van der Waals surface area contributed by atoms with E-state index in [-0.39, 0.29) is 6.10 Å². The standard InChI is InChI=1S/C13H17BrO3/c1-9(15)12-5-4-10(14)7-13(12)17-11-3-2-6-16-8-11/h4-5,7,9,11,15H,2-3,6,8H2,1H3. The molecule has 1 aromatic rings. The predicted molar refractivity (Wildman–Crippen MR) is 69.2 cm³/mol. The van der Waals surface area contributed by atoms with Crippen LogP contribution < -0.4 is 4.74 Å². The Morgan fingerprint density at radius 2 is 2.35 bits per heavy atom. The van der Waals surface area contributed by atoms with Crippen LogP contribution in [-0.4, -0.2) is 24.4 Å². The van der Waals surface area contributed by atoms with Crippen molar-refractivity contribution in [2.45, 2.75) is 32.0 Å². The normalized spacial score (nSPS) is 22.2. The van der Waals surface area contributed by atoms with Crippen molar-refractivity contribution < 1.29 is 14.6 Å². The summed E-state index contributed by atoms with van der Waals surface area (Å²) in [4.78, 5) is 0. The maximum Gasteiger partial charge on any atom is 0.126 e. The quantitative estimate of drug-likeness (QED) is 0.932. The highest BCUT2D eigenvalue weighted by Gasteiger charge is 2.18. The number of ether oxygens (including phenoxy) is 2. The van der Waals surface area contributed by atoms with Gasteiger partial charge in [0.15, 0.2) is 0 Å². The Bertz CT molecular complexity index is 373. The highest BCUT2D eigenvalue weighted by Crippen LogP contribution is 2.30. The summed E-state index contributed by atoms with van der Waals surface area (Å²) in [6.07, 6.45) is 1.60. The summed E-state index contributed by atoms with van der Waals surface area (Å²) in [6.45, 7) is 3.20. The van der Waals surface area contributed by atoms with Gasteiger partial charge in [-0.05, 0) is 31.9 Å². The number of aliphatic hydroxyl groups excluding tert-OH is 1. The van der Waals surface area contributed by atoms with Gasteiger partial charge in [-0.25, -0.2) is 0 Å². The zero-order valence-corrected chi connectivity index (χ0v) is 11.4. The summed E-state index contributed by atoms with van der Waals surface area (Å²) in [6, 6.07) is 5.69. The Balaban J connectivity index is 2.14. The first-order chi connectivity index (χ1) is 8.16. The minimum absolute atomic E-state index is 0.0931. The summed E-state index contributed by atoms with van der Waals surface area (Å²) in [5.41, 5.74) is 0.818. The third-order valence-corrected chi connectivity index (χ3v) is 3.33. The lowest BCUT2D eigenvalue weighted by molar-refractivity contribution is 0.00611. The van der Waals surface area contributed by atoms with E-state index in [4.69, 9.17) is 9.47 Å². The molecule has 1 aliphatic heterocycles. The van der Waals surface area contributed by atoms with Crippen LogP contribution in [-0.2, 0) is 4.74 Å². The second-order valence-corrected chi connectivity index (χ2v) is 5.23. The monoisotopic (exact) mass is 300 g/mol. The molecule has 4 heteroatoms. The Hall–Kier alpha value is -0.580. The number of benzene rings is 1. The zero-order chi connectivity index (χ0) is 12.3. The molecule has 1 heterocycles. The Kier molecular flexibility index (Phi) is 4.42. The number of halogens is 1. The molecule has 0 amide bonds. The lowest BCUT2D eigenvalue weighted by atomic mass is 10.1. The molecule has 0 spiro atoms. The van der Waals surface area contributed by atoms with Gasteiger partial charge in [0, 0.05) is 16.6 Å². The third-order valence-electron chi connectivity index (χ3n) is 2.84. The maximum atomic E-state index is 9.70. The van der Waals surface area contributed by atoms with Crippen LogP contribution in [0.4, 0.5) is 0 Å². The first-order valence-corrected chi connectivity index (χ1v) is 6.68. The van der Waals surface area contributed by atoms with Crippen LogP contribution in [0, 0.1) is 0 Å². The first kappa shape index (κ1) is 12.9. The van der Waals surface area contributed by atoms with Crippen LogP contribution in [0.2, 0.25) is 0 Å². The Morgan fingerprint density at radius 1 is 1.53 bits per heavy atom. The molecule has 2 atom stereocenters. The Morgan fingerprint density at radius 3 is 3.00 bits per heavy atom. The van der Waals surface area contributed by atoms with Gasteiger partial charge in [0.05, 0.1) is 12.7 Å². The minimum atomic E-state index is -0.525. The lowest BCUT2D eigenvalue weighted by Crippen LogP contribution is -2.28. The fourth-order valence-electron chi connectivity index (χ4n) is 1.94. The molecule has 0 aliphatic carbocycles. The molecular weight excluding hydrogens is 284 g/mol. The van der Waals surface area contributed by atoms with Gasteiger partial charge in [0.25, 0.3) is 0 Å². The summed E-state index contributed by atoms with van der Waals surface area (Å²) in [5.74, 6) is 0.741. The van der Waals surface area contributed by atoms with Crippen LogP contribution in [0.25, 0.3) is 0 Å². The van der Waals surface area contributed by atoms with Gasteiger partial charge in [-0.1, -0.05) is 22.0 Å².